The number of nitrogens with one attached hydrogen (secondary N) is 1. The van der Waals surface area contributed by atoms with Crippen LogP contribution in [0.1, 0.15) is 21.7 Å². The molecule has 0 saturated heterocycles. The molecule has 0 atom stereocenters. The number of aryl methyl sites for hydroxylation is 1. The summed E-state index contributed by atoms with van der Waals surface area (Å²) in [7, 11) is 0. The van der Waals surface area contributed by atoms with Gasteiger partial charge in [-0.05, 0) is 30.7 Å². The van der Waals surface area contributed by atoms with E-state index in [0.29, 0.717) is 17.3 Å². The molecule has 17 heavy (non-hydrogen) atoms. The molecule has 1 amide bonds. The zero-order valence-electron chi connectivity index (χ0n) is 9.37. The lowest BCUT2D eigenvalue weighted by Crippen LogP contribution is -2.22. The van der Waals surface area contributed by atoms with Gasteiger partial charge in [-0.3, -0.25) is 4.79 Å². The molecule has 0 saturated carbocycles. The van der Waals surface area contributed by atoms with E-state index in [2.05, 4.69) is 5.32 Å². The standard InChI is InChI=1S/C13H12ClNO2/c1-9-5-6-17-12(9)13(16)15-8-10-3-2-4-11(14)7-10/h2-7H,8H2,1H3,(H,15,16). The molecule has 1 heterocycles. The number of amides is 1. The second-order valence-corrected chi connectivity index (χ2v) is 4.18. The predicted octanol–water partition coefficient (Wildman–Crippen LogP) is 3.17. The molecule has 1 aromatic heterocycles. The average Bonchev–Trinajstić information content (AvgIpc) is 2.72. The highest BCUT2D eigenvalue weighted by Crippen LogP contribution is 2.11. The number of halogens is 1. The first-order valence-corrected chi connectivity index (χ1v) is 5.61. The van der Waals surface area contributed by atoms with Gasteiger partial charge in [0.25, 0.3) is 5.91 Å². The van der Waals surface area contributed by atoms with Crippen molar-refractivity contribution < 1.29 is 9.21 Å². The molecule has 2 aromatic rings. The van der Waals surface area contributed by atoms with E-state index in [0.717, 1.165) is 11.1 Å². The molecule has 0 aliphatic carbocycles. The van der Waals surface area contributed by atoms with Gasteiger partial charge in [0.2, 0.25) is 0 Å². The summed E-state index contributed by atoms with van der Waals surface area (Å²) in [4.78, 5) is 11.7. The van der Waals surface area contributed by atoms with E-state index in [4.69, 9.17) is 16.0 Å². The first-order chi connectivity index (χ1) is 8.16. The summed E-state index contributed by atoms with van der Waals surface area (Å²) in [6.45, 7) is 2.26. The summed E-state index contributed by atoms with van der Waals surface area (Å²) in [5.74, 6) is 0.138. The first-order valence-electron chi connectivity index (χ1n) is 5.23. The van der Waals surface area contributed by atoms with Gasteiger partial charge in [0.05, 0.1) is 6.26 Å². The minimum Gasteiger partial charge on any atom is -0.459 e. The third-order valence-electron chi connectivity index (χ3n) is 2.41. The highest BCUT2D eigenvalue weighted by molar-refractivity contribution is 6.30. The van der Waals surface area contributed by atoms with Crippen molar-refractivity contribution in [1.82, 2.24) is 5.32 Å². The molecular formula is C13H12ClNO2. The van der Waals surface area contributed by atoms with E-state index < -0.39 is 0 Å². The molecule has 0 unspecified atom stereocenters. The van der Waals surface area contributed by atoms with Crippen molar-refractivity contribution in [2.24, 2.45) is 0 Å². The largest absolute Gasteiger partial charge is 0.459 e. The maximum atomic E-state index is 11.7. The molecule has 0 radical (unpaired) electrons. The lowest BCUT2D eigenvalue weighted by Gasteiger charge is -2.04. The number of carbonyl (C=O) groups excluding carboxylic acids is 1. The van der Waals surface area contributed by atoms with Crippen molar-refractivity contribution in [1.29, 1.82) is 0 Å². The van der Waals surface area contributed by atoms with Gasteiger partial charge in [-0.25, -0.2) is 0 Å². The number of carbonyl (C=O) groups is 1. The Hall–Kier alpha value is -1.74. The molecule has 88 valence electrons. The molecule has 0 aliphatic rings. The van der Waals surface area contributed by atoms with Crippen LogP contribution in [0.4, 0.5) is 0 Å². The minimum atomic E-state index is -0.215. The van der Waals surface area contributed by atoms with Crippen molar-refractivity contribution in [2.75, 3.05) is 0 Å². The van der Waals surface area contributed by atoms with E-state index in [1.165, 1.54) is 6.26 Å². The van der Waals surface area contributed by atoms with Gasteiger partial charge in [-0.2, -0.15) is 0 Å². The zero-order chi connectivity index (χ0) is 12.3. The van der Waals surface area contributed by atoms with Crippen LogP contribution in [0.3, 0.4) is 0 Å². The van der Waals surface area contributed by atoms with Crippen molar-refractivity contribution in [3.8, 4) is 0 Å². The monoisotopic (exact) mass is 249 g/mol. The van der Waals surface area contributed by atoms with Crippen LogP contribution in [0.2, 0.25) is 5.02 Å². The maximum Gasteiger partial charge on any atom is 0.287 e. The van der Waals surface area contributed by atoms with Gasteiger partial charge >= 0.3 is 0 Å². The number of hydrogen-bond donors (Lipinski definition) is 1. The second-order valence-electron chi connectivity index (χ2n) is 3.75. The minimum absolute atomic E-state index is 0.215. The Bertz CT molecular complexity index is 534. The summed E-state index contributed by atoms with van der Waals surface area (Å²) < 4.78 is 5.10. The molecule has 2 rings (SSSR count). The highest BCUT2D eigenvalue weighted by atomic mass is 35.5. The van der Waals surface area contributed by atoms with E-state index >= 15 is 0 Å². The summed E-state index contributed by atoms with van der Waals surface area (Å²) in [6, 6.07) is 9.12. The van der Waals surface area contributed by atoms with Gasteiger partial charge in [0, 0.05) is 17.1 Å². The predicted molar refractivity (Wildman–Crippen MR) is 66.1 cm³/mol. The number of furan rings is 1. The van der Waals surface area contributed by atoms with E-state index in [1.54, 1.807) is 12.1 Å². The third-order valence-corrected chi connectivity index (χ3v) is 2.65. The Morgan fingerprint density at radius 1 is 1.41 bits per heavy atom. The van der Waals surface area contributed by atoms with Crippen LogP contribution in [-0.4, -0.2) is 5.91 Å². The Labute approximate surface area is 104 Å². The van der Waals surface area contributed by atoms with Crippen LogP contribution < -0.4 is 5.32 Å². The zero-order valence-corrected chi connectivity index (χ0v) is 10.1. The summed E-state index contributed by atoms with van der Waals surface area (Å²) in [5, 5.41) is 3.44. The summed E-state index contributed by atoms with van der Waals surface area (Å²) in [5.41, 5.74) is 1.78. The van der Waals surface area contributed by atoms with Crippen LogP contribution >= 0.6 is 11.6 Å². The number of rotatable bonds is 3. The molecule has 1 aromatic carbocycles. The van der Waals surface area contributed by atoms with Crippen LogP contribution in [-0.2, 0) is 6.54 Å². The Morgan fingerprint density at radius 2 is 2.24 bits per heavy atom. The SMILES string of the molecule is Cc1ccoc1C(=O)NCc1cccc(Cl)c1. The van der Waals surface area contributed by atoms with Crippen LogP contribution in [0.5, 0.6) is 0 Å². The first kappa shape index (κ1) is 11.7. The lowest BCUT2D eigenvalue weighted by molar-refractivity contribution is 0.0922. The summed E-state index contributed by atoms with van der Waals surface area (Å²) >= 11 is 5.85. The Balaban J connectivity index is 1.99. The van der Waals surface area contributed by atoms with Crippen LogP contribution in [0.25, 0.3) is 0 Å². The van der Waals surface area contributed by atoms with E-state index in [9.17, 15) is 4.79 Å². The van der Waals surface area contributed by atoms with Crippen LogP contribution in [0.15, 0.2) is 41.0 Å². The lowest BCUT2D eigenvalue weighted by atomic mass is 10.2. The normalized spacial score (nSPS) is 10.2. The quantitative estimate of drug-likeness (QED) is 0.908. The van der Waals surface area contributed by atoms with Crippen molar-refractivity contribution in [3.05, 3.63) is 58.5 Å². The topological polar surface area (TPSA) is 42.2 Å². The summed E-state index contributed by atoms with van der Waals surface area (Å²) in [6.07, 6.45) is 1.50. The molecule has 0 aliphatic heterocycles. The molecular weight excluding hydrogens is 238 g/mol. The fourth-order valence-corrected chi connectivity index (χ4v) is 1.73. The molecule has 0 bridgehead atoms. The smallest absolute Gasteiger partial charge is 0.287 e. The number of benzene rings is 1. The molecule has 1 N–H and O–H groups in total. The Kier molecular flexibility index (Phi) is 3.49. The second kappa shape index (κ2) is 5.06. The van der Waals surface area contributed by atoms with Crippen molar-refractivity contribution in [2.45, 2.75) is 13.5 Å². The fourth-order valence-electron chi connectivity index (χ4n) is 1.51. The molecule has 3 nitrogen and oxygen atoms in total. The molecule has 4 heteroatoms. The number of hydrogen-bond acceptors (Lipinski definition) is 2. The highest BCUT2D eigenvalue weighted by Gasteiger charge is 2.11. The molecule has 0 fully saturated rings. The Morgan fingerprint density at radius 3 is 2.88 bits per heavy atom. The molecule has 0 spiro atoms. The maximum absolute atomic E-state index is 11.7. The van der Waals surface area contributed by atoms with Gasteiger partial charge in [-0.15, -0.1) is 0 Å². The van der Waals surface area contributed by atoms with Crippen LogP contribution in [0, 0.1) is 6.92 Å². The average molecular weight is 250 g/mol. The fraction of sp³-hybridized carbons (Fsp3) is 0.154. The van der Waals surface area contributed by atoms with Gasteiger partial charge in [-0.1, -0.05) is 23.7 Å². The van der Waals surface area contributed by atoms with Crippen molar-refractivity contribution >= 4 is 17.5 Å². The van der Waals surface area contributed by atoms with E-state index in [1.807, 2.05) is 25.1 Å². The van der Waals surface area contributed by atoms with Gasteiger partial charge in [0.1, 0.15) is 0 Å². The van der Waals surface area contributed by atoms with Gasteiger partial charge in [0.15, 0.2) is 5.76 Å². The van der Waals surface area contributed by atoms with Crippen molar-refractivity contribution in [3.63, 3.8) is 0 Å². The third kappa shape index (κ3) is 2.88. The van der Waals surface area contributed by atoms with E-state index in [-0.39, 0.29) is 5.91 Å². The van der Waals surface area contributed by atoms with Gasteiger partial charge < -0.3 is 9.73 Å².